The van der Waals surface area contributed by atoms with Crippen LogP contribution in [0.4, 0.5) is 0 Å². The molecule has 0 aliphatic carbocycles. The highest BCUT2D eigenvalue weighted by Crippen LogP contribution is 2.35. The van der Waals surface area contributed by atoms with Crippen LogP contribution in [0.3, 0.4) is 0 Å². The lowest BCUT2D eigenvalue weighted by molar-refractivity contribution is -0.108. The Morgan fingerprint density at radius 2 is 1.93 bits per heavy atom. The van der Waals surface area contributed by atoms with Crippen molar-refractivity contribution < 1.29 is 4.79 Å². The molecule has 1 rings (SSSR count). The summed E-state index contributed by atoms with van der Waals surface area (Å²) < 4.78 is 0.141. The van der Waals surface area contributed by atoms with Crippen LogP contribution in [-0.4, -0.2) is 11.0 Å². The van der Waals surface area contributed by atoms with Crippen molar-refractivity contribution in [2.45, 2.75) is 36.3 Å². The average Bonchev–Trinajstić information content (AvgIpc) is 2.16. The highest BCUT2D eigenvalue weighted by molar-refractivity contribution is 8.00. The first-order valence-corrected chi connectivity index (χ1v) is 5.63. The normalized spacial score (nSPS) is 11.3. The smallest absolute Gasteiger partial charge is 0.120 e. The minimum Gasteiger partial charge on any atom is -0.303 e. The van der Waals surface area contributed by atoms with E-state index in [1.54, 1.807) is 0 Å². The molecule has 1 aromatic carbocycles. The average molecular weight is 208 g/mol. The largest absolute Gasteiger partial charge is 0.303 e. The van der Waals surface area contributed by atoms with Crippen LogP contribution in [-0.2, 0) is 4.79 Å². The van der Waals surface area contributed by atoms with Gasteiger partial charge in [0.1, 0.15) is 6.29 Å². The predicted octanol–water partition coefficient (Wildman–Crippen LogP) is 3.54. The maximum atomic E-state index is 10.3. The highest BCUT2D eigenvalue weighted by Gasteiger charge is 2.18. The summed E-state index contributed by atoms with van der Waals surface area (Å²) in [5.74, 6) is 0. The van der Waals surface area contributed by atoms with E-state index in [0.717, 1.165) is 12.7 Å². The van der Waals surface area contributed by atoms with Crippen LogP contribution in [0.1, 0.15) is 26.7 Å². The molecule has 76 valence electrons. The van der Waals surface area contributed by atoms with Crippen LogP contribution in [0, 0.1) is 0 Å². The van der Waals surface area contributed by atoms with E-state index in [4.69, 9.17) is 0 Å². The van der Waals surface area contributed by atoms with Crippen LogP contribution in [0.25, 0.3) is 0 Å². The molecule has 1 aromatic rings. The monoisotopic (exact) mass is 208 g/mol. The van der Waals surface area contributed by atoms with Gasteiger partial charge in [-0.05, 0) is 18.6 Å². The van der Waals surface area contributed by atoms with Gasteiger partial charge in [0, 0.05) is 16.1 Å². The van der Waals surface area contributed by atoms with Gasteiger partial charge in [-0.2, -0.15) is 0 Å². The molecule has 0 N–H and O–H groups in total. The molecule has 14 heavy (non-hydrogen) atoms. The van der Waals surface area contributed by atoms with Gasteiger partial charge in [0.2, 0.25) is 0 Å². The third-order valence-corrected chi connectivity index (χ3v) is 3.27. The molecule has 0 heterocycles. The van der Waals surface area contributed by atoms with Crippen molar-refractivity contribution in [2.24, 2.45) is 0 Å². The molecule has 0 aliphatic heterocycles. The number of benzene rings is 1. The number of aldehydes is 1. The first kappa shape index (κ1) is 11.3. The fraction of sp³-hybridized carbons (Fsp3) is 0.417. The molecule has 0 aromatic heterocycles. The number of hydrogen-bond donors (Lipinski definition) is 0. The number of carbonyl (C=O) groups excluding carboxylic acids is 1. The van der Waals surface area contributed by atoms with Crippen molar-refractivity contribution in [3.8, 4) is 0 Å². The van der Waals surface area contributed by atoms with Crippen molar-refractivity contribution in [1.82, 2.24) is 0 Å². The topological polar surface area (TPSA) is 17.1 Å². The van der Waals surface area contributed by atoms with Gasteiger partial charge in [0.15, 0.2) is 0 Å². The molecule has 0 aliphatic rings. The molecule has 0 saturated heterocycles. The van der Waals surface area contributed by atoms with Crippen LogP contribution in [0.15, 0.2) is 35.2 Å². The quantitative estimate of drug-likeness (QED) is 0.544. The molecule has 1 nitrogen and oxygen atoms in total. The van der Waals surface area contributed by atoms with E-state index in [1.165, 1.54) is 4.90 Å². The second-order valence-electron chi connectivity index (χ2n) is 3.88. The summed E-state index contributed by atoms with van der Waals surface area (Å²) in [7, 11) is 0. The number of thioether (sulfide) groups is 1. The van der Waals surface area contributed by atoms with Crippen LogP contribution in [0.5, 0.6) is 0 Å². The van der Waals surface area contributed by atoms with Gasteiger partial charge in [0.05, 0.1) is 0 Å². The van der Waals surface area contributed by atoms with Crippen LogP contribution in [0.2, 0.25) is 0 Å². The Hall–Kier alpha value is -0.760. The predicted molar refractivity (Wildman–Crippen MR) is 61.7 cm³/mol. The van der Waals surface area contributed by atoms with Gasteiger partial charge in [-0.1, -0.05) is 32.0 Å². The minimum atomic E-state index is 0.141. The van der Waals surface area contributed by atoms with Gasteiger partial charge in [-0.15, -0.1) is 11.8 Å². The van der Waals surface area contributed by atoms with Gasteiger partial charge >= 0.3 is 0 Å². The van der Waals surface area contributed by atoms with Crippen molar-refractivity contribution in [3.05, 3.63) is 30.3 Å². The van der Waals surface area contributed by atoms with E-state index < -0.39 is 0 Å². The second kappa shape index (κ2) is 5.20. The fourth-order valence-corrected chi connectivity index (χ4v) is 2.42. The van der Waals surface area contributed by atoms with Crippen molar-refractivity contribution in [3.63, 3.8) is 0 Å². The van der Waals surface area contributed by atoms with E-state index in [2.05, 4.69) is 26.0 Å². The Bertz CT molecular complexity index is 280. The van der Waals surface area contributed by atoms with Gasteiger partial charge < -0.3 is 4.79 Å². The maximum absolute atomic E-state index is 10.3. The second-order valence-corrected chi connectivity index (χ2v) is 5.66. The first-order valence-electron chi connectivity index (χ1n) is 4.82. The third kappa shape index (κ3) is 3.97. The zero-order valence-electron chi connectivity index (χ0n) is 8.69. The van der Waals surface area contributed by atoms with E-state index in [9.17, 15) is 4.79 Å². The van der Waals surface area contributed by atoms with E-state index in [0.29, 0.717) is 6.42 Å². The molecular weight excluding hydrogens is 192 g/mol. The molecule has 2 heteroatoms. The lowest BCUT2D eigenvalue weighted by Gasteiger charge is -2.22. The summed E-state index contributed by atoms with van der Waals surface area (Å²) >= 11 is 1.83. The summed E-state index contributed by atoms with van der Waals surface area (Å²) in [5, 5.41) is 0. The van der Waals surface area contributed by atoms with Gasteiger partial charge in [0.25, 0.3) is 0 Å². The molecule has 0 saturated carbocycles. The lowest BCUT2D eigenvalue weighted by Crippen LogP contribution is -2.14. The van der Waals surface area contributed by atoms with Crippen LogP contribution < -0.4 is 0 Å². The standard InChI is InChI=1S/C12H16OS/c1-12(2,9-6-10-13)14-11-7-4-3-5-8-11/h3-5,7-8,10H,6,9H2,1-2H3. The molecule has 0 spiro atoms. The molecule has 0 unspecified atom stereocenters. The first-order chi connectivity index (χ1) is 6.64. The summed E-state index contributed by atoms with van der Waals surface area (Å²) in [6, 6.07) is 10.3. The van der Waals surface area contributed by atoms with E-state index in [1.807, 2.05) is 30.0 Å². The molecule has 0 bridgehead atoms. The van der Waals surface area contributed by atoms with Crippen molar-refractivity contribution >= 4 is 18.0 Å². The Balaban J connectivity index is 2.54. The molecule has 0 fully saturated rings. The van der Waals surface area contributed by atoms with Gasteiger partial charge in [-0.25, -0.2) is 0 Å². The third-order valence-electron chi connectivity index (χ3n) is 2.00. The summed E-state index contributed by atoms with van der Waals surface area (Å²) in [6.45, 7) is 4.35. The van der Waals surface area contributed by atoms with Crippen molar-refractivity contribution in [1.29, 1.82) is 0 Å². The summed E-state index contributed by atoms with van der Waals surface area (Å²) in [4.78, 5) is 11.6. The Morgan fingerprint density at radius 1 is 1.29 bits per heavy atom. The minimum absolute atomic E-state index is 0.141. The SMILES string of the molecule is CC(C)(CCC=O)Sc1ccccc1. The number of rotatable bonds is 5. The maximum Gasteiger partial charge on any atom is 0.120 e. The molecular formula is C12H16OS. The Labute approximate surface area is 89.9 Å². The lowest BCUT2D eigenvalue weighted by atomic mass is 10.1. The number of hydrogen-bond acceptors (Lipinski definition) is 2. The fourth-order valence-electron chi connectivity index (χ4n) is 1.27. The molecule has 0 radical (unpaired) electrons. The van der Waals surface area contributed by atoms with Crippen molar-refractivity contribution in [2.75, 3.05) is 0 Å². The van der Waals surface area contributed by atoms with E-state index in [-0.39, 0.29) is 4.75 Å². The zero-order chi connectivity index (χ0) is 10.4. The Kier molecular flexibility index (Phi) is 4.21. The number of carbonyl (C=O) groups is 1. The Morgan fingerprint density at radius 3 is 2.50 bits per heavy atom. The zero-order valence-corrected chi connectivity index (χ0v) is 9.51. The molecule has 0 atom stereocenters. The molecule has 0 amide bonds. The van der Waals surface area contributed by atoms with Crippen LogP contribution >= 0.6 is 11.8 Å². The highest BCUT2D eigenvalue weighted by atomic mass is 32.2. The summed E-state index contributed by atoms with van der Waals surface area (Å²) in [6.07, 6.45) is 2.57. The van der Waals surface area contributed by atoms with Gasteiger partial charge in [-0.3, -0.25) is 0 Å². The summed E-state index contributed by atoms with van der Waals surface area (Å²) in [5.41, 5.74) is 0. The van der Waals surface area contributed by atoms with E-state index >= 15 is 0 Å².